The molecule has 0 unspecified atom stereocenters. The predicted molar refractivity (Wildman–Crippen MR) is 291 cm³/mol. The van der Waals surface area contributed by atoms with Gasteiger partial charge in [0.15, 0.2) is 0 Å². The molecule has 0 N–H and O–H groups in total. The second-order valence-electron chi connectivity index (χ2n) is 18.1. The van der Waals surface area contributed by atoms with Gasteiger partial charge in [-0.05, 0) is 158 Å². The fourth-order valence-electron chi connectivity index (χ4n) is 6.38. The standard InChI is InChI=1S/2C10H12.2C9H10.4C4H10.4C2H6/c2*1-2-6-10-8-4-3-7-9(10)5-1;2*1-2-5-9-7-3-6-8(9)4-1;4*1-4(2)3;4*1-2/h2*1-2,5-6H,3-4,7-8H2;2*1-2,4-5H,3,6-7H2;4*4H,1-3H3;4*1-2H3. The van der Waals surface area contributed by atoms with E-state index in [1.165, 1.54) is 89.9 Å². The van der Waals surface area contributed by atoms with E-state index in [1.54, 1.807) is 44.5 Å². The van der Waals surface area contributed by atoms with Crippen molar-refractivity contribution in [2.24, 2.45) is 23.7 Å². The Balaban J connectivity index is -0.000000311. The minimum Gasteiger partial charge on any atom is -0.0683 e. The number of rotatable bonds is 0. The fraction of sp³-hybridized carbons (Fsp3) is 0.613. The van der Waals surface area contributed by atoms with Gasteiger partial charge >= 0.3 is 0 Å². The SMILES string of the molecule is CC.CC.CC.CC.CC(C)C.CC(C)C.CC(C)C.CC(C)C.c1ccc2c(c1)CCC2.c1ccc2c(c1)CCC2.c1ccc2c(c1)CCCC2.c1ccc2c(c1)CCCC2. The molecule has 0 amide bonds. The molecule has 0 aliphatic heterocycles. The van der Waals surface area contributed by atoms with Gasteiger partial charge in [-0.2, -0.15) is 0 Å². The fourth-order valence-corrected chi connectivity index (χ4v) is 6.38. The Morgan fingerprint density at radius 2 is 0.306 bits per heavy atom. The first-order valence-corrected chi connectivity index (χ1v) is 26.1. The third-order valence-corrected chi connectivity index (χ3v) is 8.54. The van der Waals surface area contributed by atoms with E-state index in [4.69, 9.17) is 0 Å². The molecular formula is C62H108. The maximum Gasteiger partial charge on any atom is -0.0273 e. The number of aryl methyl sites for hydroxylation is 8. The third-order valence-electron chi connectivity index (χ3n) is 8.54. The van der Waals surface area contributed by atoms with Gasteiger partial charge in [0.05, 0.1) is 0 Å². The summed E-state index contributed by atoms with van der Waals surface area (Å²) in [6.45, 7) is 42.0. The summed E-state index contributed by atoms with van der Waals surface area (Å²) in [7, 11) is 0. The highest BCUT2D eigenvalue weighted by molar-refractivity contribution is 5.32. The zero-order chi connectivity index (χ0) is 48.1. The summed E-state index contributed by atoms with van der Waals surface area (Å²) in [5, 5.41) is 0. The van der Waals surface area contributed by atoms with Crippen molar-refractivity contribution in [1.82, 2.24) is 0 Å². The minimum atomic E-state index is 0.833. The molecule has 0 bridgehead atoms. The maximum absolute atomic E-state index is 2.26. The maximum atomic E-state index is 2.26. The van der Waals surface area contributed by atoms with E-state index in [2.05, 4.69) is 180 Å². The molecule has 0 spiro atoms. The zero-order valence-electron chi connectivity index (χ0n) is 45.4. The molecule has 4 aliphatic rings. The highest BCUT2D eigenvalue weighted by Crippen LogP contribution is 2.22. The molecule has 0 radical (unpaired) electrons. The van der Waals surface area contributed by atoms with Crippen molar-refractivity contribution in [3.63, 3.8) is 0 Å². The van der Waals surface area contributed by atoms with Crippen LogP contribution in [0.5, 0.6) is 0 Å². The minimum absolute atomic E-state index is 0.833. The van der Waals surface area contributed by atoms with E-state index in [0.717, 1.165) is 23.7 Å². The van der Waals surface area contributed by atoms with E-state index in [9.17, 15) is 0 Å². The summed E-state index contributed by atoms with van der Waals surface area (Å²) >= 11 is 0. The Labute approximate surface area is 392 Å². The lowest BCUT2D eigenvalue weighted by Gasteiger charge is -2.13. The molecule has 4 aromatic carbocycles. The lowest BCUT2D eigenvalue weighted by Crippen LogP contribution is -2.00. The average Bonchev–Trinajstić information content (AvgIpc) is 3.97. The largest absolute Gasteiger partial charge is 0.0683 e. The molecule has 0 aromatic heterocycles. The third kappa shape index (κ3) is 39.7. The van der Waals surface area contributed by atoms with E-state index >= 15 is 0 Å². The molecular weight excluding hydrogens is 745 g/mol. The lowest BCUT2D eigenvalue weighted by atomic mass is 9.92. The summed E-state index contributed by atoms with van der Waals surface area (Å²) in [4.78, 5) is 0. The van der Waals surface area contributed by atoms with Crippen molar-refractivity contribution in [2.45, 2.75) is 228 Å². The quantitative estimate of drug-likeness (QED) is 0.165. The van der Waals surface area contributed by atoms with Gasteiger partial charge in [-0.15, -0.1) is 0 Å². The van der Waals surface area contributed by atoms with Crippen LogP contribution >= 0.6 is 0 Å². The molecule has 0 fully saturated rings. The number of fused-ring (bicyclic) bond motifs is 4. The Morgan fingerprint density at radius 3 is 0.419 bits per heavy atom. The summed E-state index contributed by atoms with van der Waals surface area (Å²) in [6.07, 6.45) is 18.7. The summed E-state index contributed by atoms with van der Waals surface area (Å²) in [5.41, 5.74) is 12.6. The molecule has 0 heterocycles. The average molecular weight is 854 g/mol. The van der Waals surface area contributed by atoms with Crippen molar-refractivity contribution >= 4 is 0 Å². The summed E-state index contributed by atoms with van der Waals surface area (Å²) in [5.74, 6) is 3.33. The van der Waals surface area contributed by atoms with Crippen molar-refractivity contribution in [1.29, 1.82) is 0 Å². The summed E-state index contributed by atoms with van der Waals surface area (Å²) in [6, 6.07) is 35.1. The van der Waals surface area contributed by atoms with Crippen LogP contribution < -0.4 is 0 Å². The Morgan fingerprint density at radius 1 is 0.210 bits per heavy atom. The van der Waals surface area contributed by atoms with Crippen molar-refractivity contribution in [3.8, 4) is 0 Å². The van der Waals surface area contributed by atoms with Crippen molar-refractivity contribution in [2.75, 3.05) is 0 Å². The first-order chi connectivity index (χ1) is 29.8. The first kappa shape index (κ1) is 65.5. The zero-order valence-corrected chi connectivity index (χ0v) is 45.4. The Hall–Kier alpha value is -3.12. The smallest absolute Gasteiger partial charge is 0.0273 e. The van der Waals surface area contributed by atoms with Crippen LogP contribution in [-0.2, 0) is 51.4 Å². The molecule has 4 aliphatic carbocycles. The molecule has 0 nitrogen and oxygen atoms in total. The van der Waals surface area contributed by atoms with Crippen LogP contribution in [0.4, 0.5) is 0 Å². The second-order valence-corrected chi connectivity index (χ2v) is 18.1. The van der Waals surface area contributed by atoms with E-state index in [-0.39, 0.29) is 0 Å². The predicted octanol–water partition coefficient (Wildman–Crippen LogP) is 20.2. The number of hydrogen-bond acceptors (Lipinski definition) is 0. The normalized spacial score (nSPS) is 12.5. The van der Waals surface area contributed by atoms with Crippen LogP contribution in [0.15, 0.2) is 97.1 Å². The van der Waals surface area contributed by atoms with Gasteiger partial charge in [0.1, 0.15) is 0 Å². The highest BCUT2D eigenvalue weighted by Gasteiger charge is 2.09. The molecule has 4 aromatic rings. The van der Waals surface area contributed by atoms with Gasteiger partial charge in [-0.25, -0.2) is 0 Å². The summed E-state index contributed by atoms with van der Waals surface area (Å²) < 4.78 is 0. The molecule has 62 heavy (non-hydrogen) atoms. The van der Waals surface area contributed by atoms with Crippen LogP contribution in [0.25, 0.3) is 0 Å². The van der Waals surface area contributed by atoms with E-state index in [0.29, 0.717) is 0 Å². The molecule has 0 saturated carbocycles. The van der Waals surface area contributed by atoms with Crippen LogP contribution in [0.2, 0.25) is 0 Å². The first-order valence-electron chi connectivity index (χ1n) is 26.1. The second kappa shape index (κ2) is 47.4. The van der Waals surface area contributed by atoms with Gasteiger partial charge < -0.3 is 0 Å². The highest BCUT2D eigenvalue weighted by atomic mass is 14.1. The number of hydrogen-bond donors (Lipinski definition) is 0. The van der Waals surface area contributed by atoms with Crippen LogP contribution in [0.1, 0.15) is 222 Å². The molecule has 0 atom stereocenters. The van der Waals surface area contributed by atoms with Crippen molar-refractivity contribution < 1.29 is 0 Å². The van der Waals surface area contributed by atoms with Gasteiger partial charge in [-0.1, -0.05) is 236 Å². The van der Waals surface area contributed by atoms with Crippen LogP contribution in [0.3, 0.4) is 0 Å². The van der Waals surface area contributed by atoms with Crippen LogP contribution in [-0.4, -0.2) is 0 Å². The molecule has 0 heteroatoms. The van der Waals surface area contributed by atoms with Gasteiger partial charge in [0, 0.05) is 0 Å². The van der Waals surface area contributed by atoms with E-state index < -0.39 is 0 Å². The Kier molecular flexibility index (Phi) is 50.0. The molecule has 0 saturated heterocycles. The van der Waals surface area contributed by atoms with Gasteiger partial charge in [-0.3, -0.25) is 0 Å². The number of benzene rings is 4. The topological polar surface area (TPSA) is 0 Å². The molecule has 356 valence electrons. The van der Waals surface area contributed by atoms with Crippen molar-refractivity contribution in [3.05, 3.63) is 142 Å². The molecule has 8 rings (SSSR count). The van der Waals surface area contributed by atoms with Gasteiger partial charge in [0.2, 0.25) is 0 Å². The lowest BCUT2D eigenvalue weighted by molar-refractivity contribution is 0.685. The Bertz CT molecular complexity index is 1240. The van der Waals surface area contributed by atoms with Crippen LogP contribution in [0, 0.1) is 23.7 Å². The monoisotopic (exact) mass is 853 g/mol. The van der Waals surface area contributed by atoms with Gasteiger partial charge in [0.25, 0.3) is 0 Å². The van der Waals surface area contributed by atoms with E-state index in [1.807, 2.05) is 55.4 Å².